The number of likely N-dealkylation sites (N-methyl/N-ethyl adjacent to an activating group) is 1. The van der Waals surface area contributed by atoms with Crippen LogP contribution in [0.3, 0.4) is 0 Å². The standard InChI is InChI=1S/C16H19N3O/c1-2-19-15-10-20-9-11(15)7-17-14-8-18-13-6-4-3-5-12(13)16(14)19/h3-6,8,11,15,17H,2,7,9-10H2,1H3. The molecule has 0 spiro atoms. The Kier molecular flexibility index (Phi) is 2.77. The summed E-state index contributed by atoms with van der Waals surface area (Å²) in [7, 11) is 0. The van der Waals surface area contributed by atoms with Crippen LogP contribution in [0.4, 0.5) is 11.4 Å². The van der Waals surface area contributed by atoms with Crippen LogP contribution < -0.4 is 10.2 Å². The van der Waals surface area contributed by atoms with E-state index in [0.717, 1.165) is 37.5 Å². The molecule has 1 N–H and O–H groups in total. The van der Waals surface area contributed by atoms with Crippen molar-refractivity contribution in [1.82, 2.24) is 4.98 Å². The first-order valence-electron chi connectivity index (χ1n) is 7.34. The maximum atomic E-state index is 5.71. The largest absolute Gasteiger partial charge is 0.382 e. The summed E-state index contributed by atoms with van der Waals surface area (Å²) in [5.41, 5.74) is 3.50. The van der Waals surface area contributed by atoms with Crippen molar-refractivity contribution < 1.29 is 4.74 Å². The number of hydrogen-bond acceptors (Lipinski definition) is 4. The van der Waals surface area contributed by atoms with Gasteiger partial charge in [0.15, 0.2) is 0 Å². The highest BCUT2D eigenvalue weighted by Crippen LogP contribution is 2.39. The molecule has 1 fully saturated rings. The lowest BCUT2D eigenvalue weighted by molar-refractivity contribution is 0.185. The minimum atomic E-state index is 0.472. The molecule has 4 rings (SSSR count). The average Bonchev–Trinajstić information content (AvgIpc) is 2.89. The molecule has 0 amide bonds. The van der Waals surface area contributed by atoms with Gasteiger partial charge < -0.3 is 15.0 Å². The van der Waals surface area contributed by atoms with Crippen molar-refractivity contribution in [2.24, 2.45) is 5.92 Å². The SMILES string of the molecule is CCN1c2c(cnc3ccccc23)NCC2COCC21. The number of hydrogen-bond donors (Lipinski definition) is 1. The molecule has 3 heterocycles. The summed E-state index contributed by atoms with van der Waals surface area (Å²) in [6.45, 7) is 5.87. The Bertz CT molecular complexity index is 643. The summed E-state index contributed by atoms with van der Waals surface area (Å²) in [5.74, 6) is 0.557. The predicted octanol–water partition coefficient (Wildman–Crippen LogP) is 2.50. The minimum absolute atomic E-state index is 0.472. The molecule has 0 aliphatic carbocycles. The molecule has 2 aliphatic rings. The van der Waals surface area contributed by atoms with E-state index in [0.29, 0.717) is 12.0 Å². The van der Waals surface area contributed by atoms with Crippen LogP contribution >= 0.6 is 0 Å². The smallest absolute Gasteiger partial charge is 0.0771 e. The number of aromatic nitrogens is 1. The summed E-state index contributed by atoms with van der Waals surface area (Å²) in [4.78, 5) is 7.08. The monoisotopic (exact) mass is 269 g/mol. The van der Waals surface area contributed by atoms with Gasteiger partial charge in [-0.2, -0.15) is 0 Å². The number of anilines is 2. The summed E-state index contributed by atoms with van der Waals surface area (Å²) in [6, 6.07) is 8.85. The van der Waals surface area contributed by atoms with E-state index in [1.165, 1.54) is 11.1 Å². The van der Waals surface area contributed by atoms with Crippen molar-refractivity contribution in [3.05, 3.63) is 30.5 Å². The summed E-state index contributed by atoms with van der Waals surface area (Å²) in [6.07, 6.45) is 1.97. The third-order valence-electron chi connectivity index (χ3n) is 4.49. The zero-order valence-electron chi connectivity index (χ0n) is 11.7. The van der Waals surface area contributed by atoms with Crippen LogP contribution in [0.2, 0.25) is 0 Å². The highest BCUT2D eigenvalue weighted by molar-refractivity contribution is 5.98. The Hall–Kier alpha value is -1.81. The third-order valence-corrected chi connectivity index (χ3v) is 4.49. The molecular weight excluding hydrogens is 250 g/mol. The summed E-state index contributed by atoms with van der Waals surface area (Å²) >= 11 is 0. The first-order valence-corrected chi connectivity index (χ1v) is 7.34. The minimum Gasteiger partial charge on any atom is -0.382 e. The fourth-order valence-corrected chi connectivity index (χ4v) is 3.49. The second kappa shape index (κ2) is 4.63. The number of para-hydroxylation sites is 1. The molecular formula is C16H19N3O. The van der Waals surface area contributed by atoms with E-state index in [1.807, 2.05) is 12.3 Å². The molecule has 2 aliphatic heterocycles. The molecule has 4 nitrogen and oxygen atoms in total. The molecule has 1 aromatic heterocycles. The topological polar surface area (TPSA) is 37.4 Å². The van der Waals surface area contributed by atoms with Crippen molar-refractivity contribution in [3.63, 3.8) is 0 Å². The van der Waals surface area contributed by atoms with E-state index in [-0.39, 0.29) is 0 Å². The van der Waals surface area contributed by atoms with Crippen molar-refractivity contribution in [2.75, 3.05) is 36.5 Å². The summed E-state index contributed by atoms with van der Waals surface area (Å²) < 4.78 is 5.71. The first kappa shape index (κ1) is 12.0. The molecule has 20 heavy (non-hydrogen) atoms. The molecule has 2 unspecified atom stereocenters. The average molecular weight is 269 g/mol. The van der Waals surface area contributed by atoms with Gasteiger partial charge in [0.25, 0.3) is 0 Å². The van der Waals surface area contributed by atoms with E-state index >= 15 is 0 Å². The number of pyridine rings is 1. The van der Waals surface area contributed by atoms with Gasteiger partial charge >= 0.3 is 0 Å². The van der Waals surface area contributed by atoms with Gasteiger partial charge in [-0.1, -0.05) is 18.2 Å². The zero-order valence-corrected chi connectivity index (χ0v) is 11.7. The van der Waals surface area contributed by atoms with E-state index in [1.54, 1.807) is 0 Å². The van der Waals surface area contributed by atoms with E-state index in [9.17, 15) is 0 Å². The maximum absolute atomic E-state index is 5.71. The maximum Gasteiger partial charge on any atom is 0.0771 e. The second-order valence-corrected chi connectivity index (χ2v) is 5.57. The third kappa shape index (κ3) is 1.68. The Morgan fingerprint density at radius 3 is 3.15 bits per heavy atom. The van der Waals surface area contributed by atoms with Crippen molar-refractivity contribution >= 4 is 22.3 Å². The molecule has 0 radical (unpaired) electrons. The first-order chi connectivity index (χ1) is 9.88. The van der Waals surface area contributed by atoms with E-state index in [2.05, 4.69) is 40.3 Å². The van der Waals surface area contributed by atoms with Crippen LogP contribution in [-0.4, -0.2) is 37.3 Å². The Labute approximate surface area is 118 Å². The molecule has 2 aromatic rings. The van der Waals surface area contributed by atoms with Crippen LogP contribution in [0, 0.1) is 5.92 Å². The second-order valence-electron chi connectivity index (χ2n) is 5.57. The lowest BCUT2D eigenvalue weighted by atomic mass is 10.0. The molecule has 1 saturated heterocycles. The molecule has 0 bridgehead atoms. The number of nitrogens with zero attached hydrogens (tertiary/aromatic N) is 2. The van der Waals surface area contributed by atoms with Gasteiger partial charge in [-0.25, -0.2) is 0 Å². The number of rotatable bonds is 1. The van der Waals surface area contributed by atoms with Gasteiger partial charge in [0.05, 0.1) is 42.3 Å². The molecule has 4 heteroatoms. The normalized spacial score (nSPS) is 24.9. The zero-order chi connectivity index (χ0) is 13.5. The Morgan fingerprint density at radius 2 is 2.25 bits per heavy atom. The lowest BCUT2D eigenvalue weighted by Gasteiger charge is -2.31. The van der Waals surface area contributed by atoms with Crippen LogP contribution in [-0.2, 0) is 4.74 Å². The van der Waals surface area contributed by atoms with E-state index < -0.39 is 0 Å². The Morgan fingerprint density at radius 1 is 1.35 bits per heavy atom. The van der Waals surface area contributed by atoms with Crippen LogP contribution in [0.25, 0.3) is 10.9 Å². The fraction of sp³-hybridized carbons (Fsp3) is 0.438. The van der Waals surface area contributed by atoms with Gasteiger partial charge in [0.2, 0.25) is 0 Å². The van der Waals surface area contributed by atoms with Gasteiger partial charge in [-0.15, -0.1) is 0 Å². The Balaban J connectivity index is 1.94. The lowest BCUT2D eigenvalue weighted by Crippen LogP contribution is -2.40. The number of nitrogens with one attached hydrogen (secondary N) is 1. The predicted molar refractivity (Wildman–Crippen MR) is 81.3 cm³/mol. The van der Waals surface area contributed by atoms with Crippen molar-refractivity contribution in [2.45, 2.75) is 13.0 Å². The highest BCUT2D eigenvalue weighted by atomic mass is 16.5. The van der Waals surface area contributed by atoms with Crippen LogP contribution in [0.1, 0.15) is 6.92 Å². The summed E-state index contributed by atoms with van der Waals surface area (Å²) in [5, 5.41) is 4.80. The van der Waals surface area contributed by atoms with Gasteiger partial charge in [0, 0.05) is 24.4 Å². The van der Waals surface area contributed by atoms with Gasteiger partial charge in [-0.05, 0) is 13.0 Å². The molecule has 104 valence electrons. The quantitative estimate of drug-likeness (QED) is 0.863. The van der Waals surface area contributed by atoms with Crippen molar-refractivity contribution in [3.8, 4) is 0 Å². The number of ether oxygens (including phenoxy) is 1. The van der Waals surface area contributed by atoms with Crippen LogP contribution in [0.15, 0.2) is 30.5 Å². The number of fused-ring (bicyclic) bond motifs is 4. The van der Waals surface area contributed by atoms with E-state index in [4.69, 9.17) is 4.74 Å². The fourth-order valence-electron chi connectivity index (χ4n) is 3.49. The molecule has 2 atom stereocenters. The van der Waals surface area contributed by atoms with Crippen molar-refractivity contribution in [1.29, 1.82) is 0 Å². The number of benzene rings is 1. The van der Waals surface area contributed by atoms with Crippen LogP contribution in [0.5, 0.6) is 0 Å². The molecule has 0 saturated carbocycles. The highest BCUT2D eigenvalue weighted by Gasteiger charge is 2.36. The molecule has 1 aromatic carbocycles. The van der Waals surface area contributed by atoms with Gasteiger partial charge in [-0.3, -0.25) is 4.98 Å². The van der Waals surface area contributed by atoms with Gasteiger partial charge in [0.1, 0.15) is 0 Å².